The zero-order valence-electron chi connectivity index (χ0n) is 13.8. The molecule has 0 aromatic rings. The van der Waals surface area contributed by atoms with Crippen molar-refractivity contribution in [2.45, 2.75) is 83.2 Å². The molecule has 2 aliphatic carbocycles. The third kappa shape index (κ3) is 3.02. The molecule has 3 aliphatic rings. The Bertz CT molecular complexity index is 402. The summed E-state index contributed by atoms with van der Waals surface area (Å²) in [6, 6.07) is 0. The van der Waals surface area contributed by atoms with E-state index in [1.54, 1.807) is 0 Å². The van der Waals surface area contributed by atoms with Crippen molar-refractivity contribution >= 4 is 11.7 Å². The zero-order valence-corrected chi connectivity index (χ0v) is 13.8. The van der Waals surface area contributed by atoms with Crippen LogP contribution < -0.4 is 0 Å². The average molecular weight is 307 g/mol. The van der Waals surface area contributed by atoms with Gasteiger partial charge >= 0.3 is 5.97 Å². The third-order valence-electron chi connectivity index (χ3n) is 5.87. The molecule has 2 saturated carbocycles. The lowest BCUT2D eigenvalue weighted by Crippen LogP contribution is -2.47. The van der Waals surface area contributed by atoms with Crippen LogP contribution in [0, 0.1) is 11.8 Å². The minimum atomic E-state index is -0.281. The zero-order chi connectivity index (χ0) is 15.4. The van der Waals surface area contributed by atoms with Gasteiger partial charge in [-0.25, -0.2) is 4.79 Å². The minimum absolute atomic E-state index is 0.219. The molecule has 0 unspecified atom stereocenters. The van der Waals surface area contributed by atoms with Gasteiger partial charge in [0.25, 0.3) is 0 Å². The summed E-state index contributed by atoms with van der Waals surface area (Å²) in [5.74, 6) is 0.830. The number of carbonyl (C=O) groups is 1. The number of carbonyl (C=O) groups excluding carboxylic acids is 1. The first kappa shape index (κ1) is 15.8. The monoisotopic (exact) mass is 307 g/mol. The number of hydrogen-bond acceptors (Lipinski definition) is 4. The first-order valence-electron chi connectivity index (χ1n) is 9.18. The molecule has 0 spiro atoms. The minimum Gasteiger partial charge on any atom is -0.461 e. The Hall–Kier alpha value is -1.06. The number of esters is 1. The highest BCUT2D eigenvalue weighted by Crippen LogP contribution is 2.49. The van der Waals surface area contributed by atoms with E-state index < -0.39 is 0 Å². The van der Waals surface area contributed by atoms with E-state index in [1.807, 2.05) is 6.92 Å². The van der Waals surface area contributed by atoms with Gasteiger partial charge < -0.3 is 9.57 Å². The lowest BCUT2D eigenvalue weighted by atomic mass is 9.64. The Morgan fingerprint density at radius 2 is 1.64 bits per heavy atom. The van der Waals surface area contributed by atoms with Crippen molar-refractivity contribution in [3.63, 3.8) is 0 Å². The fraction of sp³-hybridized carbons (Fsp3) is 0.889. The van der Waals surface area contributed by atoms with E-state index in [0.717, 1.165) is 0 Å². The van der Waals surface area contributed by atoms with E-state index in [-0.39, 0.29) is 11.6 Å². The summed E-state index contributed by atoms with van der Waals surface area (Å²) in [4.78, 5) is 18.2. The average Bonchev–Trinajstić information content (AvgIpc) is 3.03. The molecule has 0 saturated heterocycles. The van der Waals surface area contributed by atoms with Gasteiger partial charge in [-0.2, -0.15) is 0 Å². The van der Waals surface area contributed by atoms with Gasteiger partial charge in [-0.3, -0.25) is 0 Å². The van der Waals surface area contributed by atoms with Gasteiger partial charge in [0, 0.05) is 18.3 Å². The molecule has 4 heteroatoms. The van der Waals surface area contributed by atoms with Gasteiger partial charge in [-0.15, -0.1) is 0 Å². The van der Waals surface area contributed by atoms with Gasteiger partial charge in [0.05, 0.1) is 6.61 Å². The first-order valence-corrected chi connectivity index (χ1v) is 9.18. The van der Waals surface area contributed by atoms with Crippen LogP contribution >= 0.6 is 0 Å². The highest BCUT2D eigenvalue weighted by Gasteiger charge is 2.53. The van der Waals surface area contributed by atoms with Crippen molar-refractivity contribution in [2.75, 3.05) is 6.61 Å². The van der Waals surface area contributed by atoms with Crippen LogP contribution in [0.5, 0.6) is 0 Å². The van der Waals surface area contributed by atoms with Crippen molar-refractivity contribution in [3.05, 3.63) is 0 Å². The maximum atomic E-state index is 12.1. The number of nitrogens with zero attached hydrogens (tertiary/aromatic N) is 1. The third-order valence-corrected chi connectivity index (χ3v) is 5.87. The highest BCUT2D eigenvalue weighted by molar-refractivity contribution is 6.36. The van der Waals surface area contributed by atoms with E-state index in [9.17, 15) is 4.79 Å². The molecule has 2 fully saturated rings. The maximum Gasteiger partial charge on any atom is 0.356 e. The van der Waals surface area contributed by atoms with E-state index >= 15 is 0 Å². The van der Waals surface area contributed by atoms with Crippen molar-refractivity contribution in [3.8, 4) is 0 Å². The summed E-state index contributed by atoms with van der Waals surface area (Å²) in [5, 5.41) is 4.20. The Labute approximate surface area is 133 Å². The Balaban J connectivity index is 1.77. The van der Waals surface area contributed by atoms with Crippen LogP contribution in [0.4, 0.5) is 0 Å². The molecule has 22 heavy (non-hydrogen) atoms. The molecule has 0 aromatic carbocycles. The van der Waals surface area contributed by atoms with Crippen molar-refractivity contribution in [1.29, 1.82) is 0 Å². The summed E-state index contributed by atoms with van der Waals surface area (Å²) < 4.78 is 5.14. The van der Waals surface area contributed by atoms with Gasteiger partial charge in [0.15, 0.2) is 5.71 Å². The molecule has 0 radical (unpaired) electrons. The summed E-state index contributed by atoms with van der Waals surface area (Å²) in [6.07, 6.45) is 13.4. The second-order valence-corrected chi connectivity index (χ2v) is 7.15. The first-order chi connectivity index (χ1) is 10.8. The number of rotatable bonds is 4. The van der Waals surface area contributed by atoms with E-state index in [0.29, 0.717) is 30.6 Å². The second-order valence-electron chi connectivity index (χ2n) is 7.15. The fourth-order valence-electron chi connectivity index (χ4n) is 4.74. The smallest absolute Gasteiger partial charge is 0.356 e. The molecule has 0 aromatic heterocycles. The summed E-state index contributed by atoms with van der Waals surface area (Å²) in [7, 11) is 0. The van der Waals surface area contributed by atoms with Crippen molar-refractivity contribution in [2.24, 2.45) is 17.0 Å². The summed E-state index contributed by atoms with van der Waals surface area (Å²) in [6.45, 7) is 2.24. The molecule has 3 rings (SSSR count). The van der Waals surface area contributed by atoms with Crippen LogP contribution in [0.2, 0.25) is 0 Å². The molecule has 1 aliphatic heterocycles. The van der Waals surface area contributed by atoms with Crippen LogP contribution in [0.3, 0.4) is 0 Å². The normalized spacial score (nSPS) is 26.3. The summed E-state index contributed by atoms with van der Waals surface area (Å²) in [5.41, 5.74) is 0.293. The van der Waals surface area contributed by atoms with E-state index in [4.69, 9.17) is 9.57 Å². The fourth-order valence-corrected chi connectivity index (χ4v) is 4.74. The Kier molecular flexibility index (Phi) is 5.04. The molecule has 0 N–H and O–H groups in total. The molecular weight excluding hydrogens is 278 g/mol. The van der Waals surface area contributed by atoms with Crippen molar-refractivity contribution < 1.29 is 14.4 Å². The maximum absolute atomic E-state index is 12.1. The predicted octanol–water partition coefficient (Wildman–Crippen LogP) is 4.23. The Morgan fingerprint density at radius 3 is 2.14 bits per heavy atom. The standard InChI is InChI=1S/C18H29NO3/c1-2-21-17(20)16-13-18(22-19-16,14-9-5-3-6-10-14)15-11-7-4-8-12-15/h14-15H,2-13H2,1H3. The highest BCUT2D eigenvalue weighted by atomic mass is 16.7. The van der Waals surface area contributed by atoms with Gasteiger partial charge in [0.1, 0.15) is 5.60 Å². The quantitative estimate of drug-likeness (QED) is 0.730. The molecular formula is C18H29NO3. The van der Waals surface area contributed by atoms with E-state index in [2.05, 4.69) is 5.16 Å². The number of oxime groups is 1. The predicted molar refractivity (Wildman–Crippen MR) is 85.7 cm³/mol. The van der Waals surface area contributed by atoms with E-state index in [1.165, 1.54) is 64.2 Å². The number of ether oxygens (including phenoxy) is 1. The van der Waals surface area contributed by atoms with Crippen LogP contribution in [-0.2, 0) is 14.4 Å². The van der Waals surface area contributed by atoms with Crippen molar-refractivity contribution in [1.82, 2.24) is 0 Å². The van der Waals surface area contributed by atoms with Gasteiger partial charge in [0.2, 0.25) is 0 Å². The largest absolute Gasteiger partial charge is 0.461 e. The van der Waals surface area contributed by atoms with Crippen LogP contribution in [0.25, 0.3) is 0 Å². The molecule has 0 atom stereocenters. The second kappa shape index (κ2) is 7.01. The Morgan fingerprint density at radius 1 is 1.09 bits per heavy atom. The lowest BCUT2D eigenvalue weighted by Gasteiger charge is -2.44. The SMILES string of the molecule is CCOC(=O)C1=NOC(C2CCCCC2)(C2CCCCC2)C1. The molecule has 4 nitrogen and oxygen atoms in total. The van der Waals surface area contributed by atoms with Crippen LogP contribution in [0.15, 0.2) is 5.16 Å². The molecule has 0 amide bonds. The van der Waals surface area contributed by atoms with Crippen LogP contribution in [-0.4, -0.2) is 23.9 Å². The molecule has 0 bridgehead atoms. The van der Waals surface area contributed by atoms with Gasteiger partial charge in [-0.1, -0.05) is 43.7 Å². The lowest BCUT2D eigenvalue weighted by molar-refractivity contribution is -0.135. The molecule has 124 valence electrons. The molecule has 1 heterocycles. The number of hydrogen-bond donors (Lipinski definition) is 0. The van der Waals surface area contributed by atoms with Gasteiger partial charge in [-0.05, 0) is 32.6 Å². The topological polar surface area (TPSA) is 47.9 Å². The summed E-state index contributed by atoms with van der Waals surface area (Å²) >= 11 is 0. The van der Waals surface area contributed by atoms with Crippen LogP contribution in [0.1, 0.15) is 77.6 Å².